The third-order valence-corrected chi connectivity index (χ3v) is 2.65. The molecule has 0 aromatic rings. The Morgan fingerprint density at radius 1 is 1.42 bits per heavy atom. The smallest absolute Gasteiger partial charge is 0.0742 e. The van der Waals surface area contributed by atoms with Crippen molar-refractivity contribution in [3.8, 4) is 0 Å². The van der Waals surface area contributed by atoms with Gasteiger partial charge in [-0.15, -0.1) is 0 Å². The first kappa shape index (κ1) is 12.0. The molecule has 0 aliphatic carbocycles. The zero-order valence-corrected chi connectivity index (χ0v) is 8.77. The number of nitrogens with two attached hydrogens (primary N) is 1. The van der Waals surface area contributed by atoms with Crippen LogP contribution in [0.15, 0.2) is 0 Å². The van der Waals surface area contributed by atoms with E-state index < -0.39 is 0 Å². The monoisotopic (exact) mass is 167 g/mol. The van der Waals surface area contributed by atoms with E-state index in [-0.39, 0.29) is 5.31 Å². The highest BCUT2D eigenvalue weighted by atomic mass is 14.6. The zero-order valence-electron chi connectivity index (χ0n) is 8.77. The molecule has 0 saturated carbocycles. The highest BCUT2D eigenvalue weighted by Crippen LogP contribution is 2.31. The minimum absolute atomic E-state index is 0.0213. The average Bonchev–Trinajstić information content (AvgIpc) is 2.04. The van der Waals surface area contributed by atoms with Gasteiger partial charge in [-0.25, -0.2) is 0 Å². The summed E-state index contributed by atoms with van der Waals surface area (Å²) in [5, 5.41) is 0.0213. The molecular formula is C10H22BN. The van der Waals surface area contributed by atoms with Gasteiger partial charge in [0, 0.05) is 6.04 Å². The molecule has 70 valence electrons. The van der Waals surface area contributed by atoms with E-state index in [0.29, 0.717) is 6.04 Å². The summed E-state index contributed by atoms with van der Waals surface area (Å²) in [5.74, 6) is 0. The van der Waals surface area contributed by atoms with Crippen LogP contribution in [0.1, 0.15) is 52.9 Å². The van der Waals surface area contributed by atoms with Crippen molar-refractivity contribution in [2.75, 3.05) is 0 Å². The molecule has 2 N–H and O–H groups in total. The summed E-state index contributed by atoms with van der Waals surface area (Å²) in [6.45, 7) is 6.39. The molecule has 12 heavy (non-hydrogen) atoms. The minimum Gasteiger partial charge on any atom is -0.328 e. The van der Waals surface area contributed by atoms with Gasteiger partial charge in [0.1, 0.15) is 0 Å². The summed E-state index contributed by atoms with van der Waals surface area (Å²) in [4.78, 5) is 0. The van der Waals surface area contributed by atoms with Gasteiger partial charge in [-0.1, -0.05) is 45.3 Å². The molecule has 0 fully saturated rings. The number of hydrogen-bond acceptors (Lipinski definition) is 1. The molecule has 2 heteroatoms. The van der Waals surface area contributed by atoms with Crippen molar-refractivity contribution in [1.82, 2.24) is 0 Å². The largest absolute Gasteiger partial charge is 0.328 e. The Morgan fingerprint density at radius 3 is 2.42 bits per heavy atom. The maximum absolute atomic E-state index is 6.00. The summed E-state index contributed by atoms with van der Waals surface area (Å²) in [6, 6.07) is 0.373. The normalized spacial score (nSPS) is 18.7. The lowest BCUT2D eigenvalue weighted by molar-refractivity contribution is 0.473. The van der Waals surface area contributed by atoms with Crippen molar-refractivity contribution < 1.29 is 0 Å². The van der Waals surface area contributed by atoms with Gasteiger partial charge in [-0.05, 0) is 12.8 Å². The topological polar surface area (TPSA) is 26.0 Å². The van der Waals surface area contributed by atoms with E-state index >= 15 is 0 Å². The first-order valence-electron chi connectivity index (χ1n) is 5.06. The van der Waals surface area contributed by atoms with E-state index in [4.69, 9.17) is 13.6 Å². The Labute approximate surface area is 78.5 Å². The lowest BCUT2D eigenvalue weighted by atomic mass is 9.65. The van der Waals surface area contributed by atoms with Gasteiger partial charge in [0.05, 0.1) is 7.85 Å². The van der Waals surface area contributed by atoms with E-state index in [2.05, 4.69) is 20.8 Å². The van der Waals surface area contributed by atoms with Crippen LogP contribution in [-0.4, -0.2) is 13.9 Å². The van der Waals surface area contributed by atoms with Crippen molar-refractivity contribution in [3.05, 3.63) is 0 Å². The Morgan fingerprint density at radius 2 is 2.00 bits per heavy atom. The van der Waals surface area contributed by atoms with Gasteiger partial charge in [0.25, 0.3) is 0 Å². The highest BCUT2D eigenvalue weighted by Gasteiger charge is 2.14. The first-order chi connectivity index (χ1) is 5.52. The van der Waals surface area contributed by atoms with Crippen molar-refractivity contribution >= 4 is 7.85 Å². The zero-order chi connectivity index (χ0) is 9.61. The molecule has 0 aliphatic heterocycles. The fourth-order valence-corrected chi connectivity index (χ4v) is 1.15. The van der Waals surface area contributed by atoms with E-state index in [1.54, 1.807) is 0 Å². The molecule has 0 bridgehead atoms. The predicted molar refractivity (Wildman–Crippen MR) is 56.5 cm³/mol. The van der Waals surface area contributed by atoms with Gasteiger partial charge in [-0.3, -0.25) is 0 Å². The molecule has 0 amide bonds. The van der Waals surface area contributed by atoms with Crippen LogP contribution >= 0.6 is 0 Å². The highest BCUT2D eigenvalue weighted by molar-refractivity contribution is 6.14. The molecule has 2 atom stereocenters. The molecule has 0 saturated heterocycles. The van der Waals surface area contributed by atoms with Crippen LogP contribution in [0, 0.1) is 0 Å². The number of hydrogen-bond donors (Lipinski definition) is 1. The second kappa shape index (κ2) is 5.63. The molecule has 0 spiro atoms. The molecule has 2 radical (unpaired) electrons. The Hall–Kier alpha value is 0.0249. The quantitative estimate of drug-likeness (QED) is 0.604. The minimum atomic E-state index is 0.0213. The van der Waals surface area contributed by atoms with Gasteiger partial charge >= 0.3 is 0 Å². The first-order valence-corrected chi connectivity index (χ1v) is 5.06. The third-order valence-electron chi connectivity index (χ3n) is 2.65. The lowest BCUT2D eigenvalue weighted by Gasteiger charge is -2.23. The number of rotatable bonds is 6. The Balaban J connectivity index is 3.42. The van der Waals surface area contributed by atoms with Crippen LogP contribution in [-0.2, 0) is 0 Å². The van der Waals surface area contributed by atoms with E-state index in [0.717, 1.165) is 32.1 Å². The van der Waals surface area contributed by atoms with Crippen LogP contribution in [0.2, 0.25) is 5.31 Å². The standard InChI is InChI=1S/C10H22BN/c1-4-9(12)7-6-8-10(3,11)5-2/h9H,4-8,12H2,1-3H3. The molecule has 0 aromatic heterocycles. The Bertz CT molecular complexity index is 112. The second-order valence-corrected chi connectivity index (χ2v) is 4.07. The fraction of sp³-hybridized carbons (Fsp3) is 1.00. The van der Waals surface area contributed by atoms with Gasteiger partial charge < -0.3 is 5.73 Å². The predicted octanol–water partition coefficient (Wildman–Crippen LogP) is 2.65. The third kappa shape index (κ3) is 5.65. The van der Waals surface area contributed by atoms with Crippen molar-refractivity contribution in [2.24, 2.45) is 5.73 Å². The maximum Gasteiger partial charge on any atom is 0.0742 e. The molecular weight excluding hydrogens is 145 g/mol. The van der Waals surface area contributed by atoms with Crippen molar-refractivity contribution in [1.29, 1.82) is 0 Å². The molecule has 0 heterocycles. The van der Waals surface area contributed by atoms with Gasteiger partial charge in [-0.2, -0.15) is 0 Å². The molecule has 0 aromatic carbocycles. The van der Waals surface area contributed by atoms with E-state index in [9.17, 15) is 0 Å². The van der Waals surface area contributed by atoms with E-state index in [1.807, 2.05) is 0 Å². The molecule has 0 rings (SSSR count). The molecule has 0 aliphatic rings. The van der Waals surface area contributed by atoms with Gasteiger partial charge in [0.2, 0.25) is 0 Å². The average molecular weight is 167 g/mol. The summed E-state index contributed by atoms with van der Waals surface area (Å²) < 4.78 is 0. The molecule has 1 nitrogen and oxygen atoms in total. The van der Waals surface area contributed by atoms with Crippen molar-refractivity contribution in [3.63, 3.8) is 0 Å². The van der Waals surface area contributed by atoms with Crippen LogP contribution < -0.4 is 5.73 Å². The lowest BCUT2D eigenvalue weighted by Crippen LogP contribution is -2.19. The van der Waals surface area contributed by atoms with Crippen LogP contribution in [0.25, 0.3) is 0 Å². The van der Waals surface area contributed by atoms with Crippen LogP contribution in [0.5, 0.6) is 0 Å². The summed E-state index contributed by atoms with van der Waals surface area (Å²) >= 11 is 0. The van der Waals surface area contributed by atoms with Crippen LogP contribution in [0.3, 0.4) is 0 Å². The fourth-order valence-electron chi connectivity index (χ4n) is 1.15. The van der Waals surface area contributed by atoms with E-state index in [1.165, 1.54) is 0 Å². The maximum atomic E-state index is 6.00. The Kier molecular flexibility index (Phi) is 5.64. The second-order valence-electron chi connectivity index (χ2n) is 4.07. The van der Waals surface area contributed by atoms with Crippen LogP contribution in [0.4, 0.5) is 0 Å². The summed E-state index contributed by atoms with van der Waals surface area (Å²) in [7, 11) is 6.00. The van der Waals surface area contributed by atoms with Crippen molar-refractivity contribution in [2.45, 2.75) is 64.2 Å². The molecule has 2 unspecified atom stereocenters. The van der Waals surface area contributed by atoms with Gasteiger partial charge in [0.15, 0.2) is 0 Å². The summed E-state index contributed by atoms with van der Waals surface area (Å²) in [6.07, 6.45) is 5.50. The SMILES string of the molecule is [B]C(C)(CC)CCCC(N)CC. The summed E-state index contributed by atoms with van der Waals surface area (Å²) in [5.41, 5.74) is 5.80.